The molecule has 2 fully saturated rings. The van der Waals surface area contributed by atoms with Gasteiger partial charge in [0.15, 0.2) is 11.2 Å². The zero-order valence-electron chi connectivity index (χ0n) is 20.1. The third-order valence-electron chi connectivity index (χ3n) is 7.19. The third-order valence-corrected chi connectivity index (χ3v) is 7.19. The van der Waals surface area contributed by atoms with Crippen LogP contribution in [0.2, 0.25) is 0 Å². The number of imidazole rings is 1. The number of benzene rings is 1. The van der Waals surface area contributed by atoms with E-state index in [1.165, 1.54) is 11.0 Å². The van der Waals surface area contributed by atoms with Crippen molar-refractivity contribution in [1.29, 1.82) is 0 Å². The molecule has 2 unspecified atom stereocenters. The van der Waals surface area contributed by atoms with Crippen LogP contribution < -0.4 is 16.6 Å². The topological polar surface area (TPSA) is 103 Å². The van der Waals surface area contributed by atoms with Crippen LogP contribution in [-0.2, 0) is 29.2 Å². The van der Waals surface area contributed by atoms with Crippen molar-refractivity contribution >= 4 is 17.1 Å². The Morgan fingerprint density at radius 1 is 1.14 bits per heavy atom. The first kappa shape index (κ1) is 23.5. The van der Waals surface area contributed by atoms with Gasteiger partial charge in [0.05, 0.1) is 19.5 Å². The predicted molar refractivity (Wildman–Crippen MR) is 131 cm³/mol. The molecule has 1 amide bonds. The van der Waals surface area contributed by atoms with E-state index in [0.29, 0.717) is 30.4 Å². The van der Waals surface area contributed by atoms with Gasteiger partial charge in [-0.25, -0.2) is 14.3 Å². The zero-order chi connectivity index (χ0) is 24.4. The van der Waals surface area contributed by atoms with E-state index < -0.39 is 11.2 Å². The van der Waals surface area contributed by atoms with Crippen molar-refractivity contribution in [2.45, 2.75) is 57.4 Å². The van der Waals surface area contributed by atoms with Crippen LogP contribution in [-0.4, -0.2) is 68.4 Å². The van der Waals surface area contributed by atoms with Crippen LogP contribution in [0, 0.1) is 0 Å². The Labute approximate surface area is 203 Å². The molecule has 186 valence electrons. The maximum absolute atomic E-state index is 13.5. The number of aromatic nitrogens is 4. The SMILES string of the molecule is COCCn1cnc2c1c(=O)n(CC(=O)NC1CCN3CCCC3C1)c(=O)n2Cc1ccccc1. The van der Waals surface area contributed by atoms with E-state index in [9.17, 15) is 14.4 Å². The average Bonchev–Trinajstić information content (AvgIpc) is 3.50. The van der Waals surface area contributed by atoms with Crippen LogP contribution in [0.1, 0.15) is 31.2 Å². The number of carbonyl (C=O) groups excluding carboxylic acids is 1. The number of rotatable bonds is 8. The van der Waals surface area contributed by atoms with Crippen LogP contribution in [0.5, 0.6) is 0 Å². The number of hydrogen-bond donors (Lipinski definition) is 1. The van der Waals surface area contributed by atoms with Crippen molar-refractivity contribution < 1.29 is 9.53 Å². The summed E-state index contributed by atoms with van der Waals surface area (Å²) in [5.74, 6) is -0.311. The maximum atomic E-state index is 13.5. The van der Waals surface area contributed by atoms with E-state index in [-0.39, 0.29) is 25.0 Å². The Kier molecular flexibility index (Phi) is 6.83. The molecular weight excluding hydrogens is 448 g/mol. The highest BCUT2D eigenvalue weighted by atomic mass is 16.5. The molecule has 1 aromatic carbocycles. The van der Waals surface area contributed by atoms with Gasteiger partial charge in [-0.05, 0) is 37.8 Å². The largest absolute Gasteiger partial charge is 0.383 e. The van der Waals surface area contributed by atoms with Crippen LogP contribution in [0.4, 0.5) is 0 Å². The molecule has 10 nitrogen and oxygen atoms in total. The Bertz CT molecular complexity index is 1310. The van der Waals surface area contributed by atoms with E-state index in [2.05, 4.69) is 15.2 Å². The van der Waals surface area contributed by atoms with Gasteiger partial charge in [0.2, 0.25) is 5.91 Å². The smallest absolute Gasteiger partial charge is 0.333 e. The average molecular weight is 481 g/mol. The van der Waals surface area contributed by atoms with Crippen molar-refractivity contribution in [2.24, 2.45) is 0 Å². The predicted octanol–water partition coefficient (Wildman–Crippen LogP) is 0.797. The van der Waals surface area contributed by atoms with Crippen molar-refractivity contribution in [3.05, 3.63) is 63.1 Å². The van der Waals surface area contributed by atoms with Gasteiger partial charge >= 0.3 is 5.69 Å². The number of hydrogen-bond acceptors (Lipinski definition) is 6. The minimum atomic E-state index is -0.538. The highest BCUT2D eigenvalue weighted by molar-refractivity contribution is 5.77. The summed E-state index contributed by atoms with van der Waals surface area (Å²) in [5.41, 5.74) is 0.461. The highest BCUT2D eigenvalue weighted by Gasteiger charge is 2.32. The summed E-state index contributed by atoms with van der Waals surface area (Å²) in [4.78, 5) is 46.8. The van der Waals surface area contributed by atoms with Gasteiger partial charge in [0.25, 0.3) is 5.56 Å². The molecule has 3 aromatic rings. The van der Waals surface area contributed by atoms with Crippen molar-refractivity contribution in [1.82, 2.24) is 28.9 Å². The molecule has 2 atom stereocenters. The van der Waals surface area contributed by atoms with Crippen LogP contribution in [0.3, 0.4) is 0 Å². The molecule has 10 heteroatoms. The summed E-state index contributed by atoms with van der Waals surface area (Å²) < 4.78 is 9.37. The molecule has 35 heavy (non-hydrogen) atoms. The summed E-state index contributed by atoms with van der Waals surface area (Å²) in [6, 6.07) is 10.1. The third kappa shape index (κ3) is 4.81. The fourth-order valence-electron chi connectivity index (χ4n) is 5.42. The Morgan fingerprint density at radius 2 is 1.97 bits per heavy atom. The monoisotopic (exact) mass is 480 g/mol. The molecule has 0 spiro atoms. The number of amides is 1. The summed E-state index contributed by atoms with van der Waals surface area (Å²) in [5, 5.41) is 3.08. The maximum Gasteiger partial charge on any atom is 0.333 e. The van der Waals surface area contributed by atoms with Crippen LogP contribution in [0.15, 0.2) is 46.2 Å². The normalized spacial score (nSPS) is 20.3. The Balaban J connectivity index is 1.46. The summed E-state index contributed by atoms with van der Waals surface area (Å²) in [7, 11) is 1.59. The first-order valence-corrected chi connectivity index (χ1v) is 12.3. The molecule has 2 aromatic heterocycles. The van der Waals surface area contributed by atoms with Crippen molar-refractivity contribution in [3.63, 3.8) is 0 Å². The van der Waals surface area contributed by atoms with E-state index in [1.54, 1.807) is 18.0 Å². The molecule has 0 radical (unpaired) electrons. The van der Waals surface area contributed by atoms with E-state index in [4.69, 9.17) is 4.74 Å². The van der Waals surface area contributed by atoms with Gasteiger partial charge in [-0.3, -0.25) is 14.2 Å². The molecule has 0 bridgehead atoms. The number of piperidine rings is 1. The standard InChI is InChI=1S/C25H32N6O4/c1-35-13-12-29-17-26-23-22(29)24(33)31(25(34)30(23)15-18-6-3-2-4-7-18)16-21(32)27-19-9-11-28-10-5-8-20(28)14-19/h2-4,6-7,17,19-20H,5,8-16H2,1H3,(H,27,32). The lowest BCUT2D eigenvalue weighted by Gasteiger charge is -2.35. The quantitative estimate of drug-likeness (QED) is 0.512. The summed E-state index contributed by atoms with van der Waals surface area (Å²) in [6.07, 6.45) is 5.72. The van der Waals surface area contributed by atoms with Gasteiger partial charge in [-0.15, -0.1) is 0 Å². The van der Waals surface area contributed by atoms with Crippen molar-refractivity contribution in [2.75, 3.05) is 26.8 Å². The van der Waals surface area contributed by atoms with Crippen LogP contribution >= 0.6 is 0 Å². The molecule has 5 rings (SSSR count). The lowest BCUT2D eigenvalue weighted by Crippen LogP contribution is -2.50. The Hall–Kier alpha value is -3.24. The Morgan fingerprint density at radius 3 is 2.77 bits per heavy atom. The zero-order valence-corrected chi connectivity index (χ0v) is 20.1. The van der Waals surface area contributed by atoms with Gasteiger partial charge in [0.1, 0.15) is 6.54 Å². The van der Waals surface area contributed by atoms with Gasteiger partial charge < -0.3 is 19.5 Å². The molecule has 0 aliphatic carbocycles. The highest BCUT2D eigenvalue weighted by Crippen LogP contribution is 2.26. The summed E-state index contributed by atoms with van der Waals surface area (Å²) >= 11 is 0. The molecule has 4 heterocycles. The minimum absolute atomic E-state index is 0.0695. The lowest BCUT2D eigenvalue weighted by molar-refractivity contribution is -0.122. The first-order valence-electron chi connectivity index (χ1n) is 12.3. The lowest BCUT2D eigenvalue weighted by atomic mass is 9.97. The minimum Gasteiger partial charge on any atom is -0.383 e. The van der Waals surface area contributed by atoms with Gasteiger partial charge in [-0.2, -0.15) is 0 Å². The second-order valence-electron chi connectivity index (χ2n) is 9.47. The fourth-order valence-corrected chi connectivity index (χ4v) is 5.42. The molecule has 1 N–H and O–H groups in total. The number of fused-ring (bicyclic) bond motifs is 2. The molecule has 2 aliphatic rings. The van der Waals surface area contributed by atoms with Gasteiger partial charge in [-0.1, -0.05) is 30.3 Å². The number of carbonyl (C=O) groups is 1. The second-order valence-corrected chi connectivity index (χ2v) is 9.47. The first-order chi connectivity index (χ1) is 17.0. The number of ether oxygens (including phenoxy) is 1. The molecule has 2 aliphatic heterocycles. The van der Waals surface area contributed by atoms with E-state index in [1.807, 2.05) is 30.3 Å². The molecule has 2 saturated heterocycles. The van der Waals surface area contributed by atoms with Crippen LogP contribution in [0.25, 0.3) is 11.2 Å². The number of methoxy groups -OCH3 is 1. The summed E-state index contributed by atoms with van der Waals surface area (Å²) in [6.45, 7) is 2.85. The molecular formula is C25H32N6O4. The number of nitrogens with one attached hydrogen (secondary N) is 1. The van der Waals surface area contributed by atoms with E-state index in [0.717, 1.165) is 42.5 Å². The van der Waals surface area contributed by atoms with Crippen molar-refractivity contribution in [3.8, 4) is 0 Å². The second kappa shape index (κ2) is 10.2. The number of nitrogens with zero attached hydrogens (tertiary/aromatic N) is 5. The van der Waals surface area contributed by atoms with E-state index >= 15 is 0 Å². The molecule has 0 saturated carbocycles. The fraction of sp³-hybridized carbons (Fsp3) is 0.520. The van der Waals surface area contributed by atoms with Gasteiger partial charge in [0, 0.05) is 32.3 Å².